The summed E-state index contributed by atoms with van der Waals surface area (Å²) in [5, 5.41) is 16.9. The lowest BCUT2D eigenvalue weighted by molar-refractivity contribution is 0.178. The zero-order valence-corrected chi connectivity index (χ0v) is 11.1. The average molecular weight is 296 g/mol. The highest BCUT2D eigenvalue weighted by atomic mass is 79.9. The Morgan fingerprint density at radius 3 is 2.65 bits per heavy atom. The van der Waals surface area contributed by atoms with Crippen LogP contribution in [0.4, 0.5) is 0 Å². The minimum atomic E-state index is -0.474. The van der Waals surface area contributed by atoms with Crippen LogP contribution in [0.5, 0.6) is 0 Å². The van der Waals surface area contributed by atoms with Crippen molar-refractivity contribution < 1.29 is 5.11 Å². The predicted molar refractivity (Wildman–Crippen MR) is 70.2 cm³/mol. The van der Waals surface area contributed by atoms with Gasteiger partial charge >= 0.3 is 0 Å². The van der Waals surface area contributed by atoms with Crippen LogP contribution in [-0.4, -0.2) is 28.5 Å². The van der Waals surface area contributed by atoms with Crippen molar-refractivity contribution in [2.75, 3.05) is 13.6 Å². The van der Waals surface area contributed by atoms with Crippen LogP contribution in [0.2, 0.25) is 0 Å². The number of aliphatic hydroxyl groups is 1. The number of nitrogens with zero attached hydrogens (tertiary/aromatic N) is 2. The van der Waals surface area contributed by atoms with Crippen molar-refractivity contribution in [1.29, 1.82) is 0 Å². The Labute approximate surface area is 108 Å². The number of halogens is 1. The maximum absolute atomic E-state index is 9.79. The summed E-state index contributed by atoms with van der Waals surface area (Å²) in [5.41, 5.74) is 1.87. The molecule has 0 saturated heterocycles. The number of benzene rings is 1. The van der Waals surface area contributed by atoms with Crippen molar-refractivity contribution in [3.63, 3.8) is 0 Å². The van der Waals surface area contributed by atoms with E-state index in [0.29, 0.717) is 6.54 Å². The fourth-order valence-electron chi connectivity index (χ4n) is 1.60. The quantitative estimate of drug-likeness (QED) is 0.906. The summed E-state index contributed by atoms with van der Waals surface area (Å²) < 4.78 is 2.72. The molecule has 90 valence electrons. The van der Waals surface area contributed by atoms with Crippen LogP contribution < -0.4 is 5.32 Å². The molecule has 17 heavy (non-hydrogen) atoms. The van der Waals surface area contributed by atoms with Crippen LogP contribution in [0.1, 0.15) is 11.7 Å². The van der Waals surface area contributed by atoms with E-state index in [1.54, 1.807) is 10.9 Å². The Kier molecular flexibility index (Phi) is 3.93. The monoisotopic (exact) mass is 295 g/mol. The zero-order chi connectivity index (χ0) is 12.3. The number of aromatic nitrogens is 2. The zero-order valence-electron chi connectivity index (χ0n) is 9.47. The van der Waals surface area contributed by atoms with Crippen molar-refractivity contribution in [3.8, 4) is 5.69 Å². The van der Waals surface area contributed by atoms with Gasteiger partial charge in [0.1, 0.15) is 0 Å². The van der Waals surface area contributed by atoms with Crippen molar-refractivity contribution in [1.82, 2.24) is 15.1 Å². The smallest absolute Gasteiger partial charge is 0.0914 e. The van der Waals surface area contributed by atoms with Crippen LogP contribution in [-0.2, 0) is 0 Å². The van der Waals surface area contributed by atoms with E-state index in [9.17, 15) is 5.11 Å². The van der Waals surface area contributed by atoms with Crippen LogP contribution >= 0.6 is 15.9 Å². The molecule has 2 N–H and O–H groups in total. The lowest BCUT2D eigenvalue weighted by Crippen LogP contribution is -2.16. The highest BCUT2D eigenvalue weighted by molar-refractivity contribution is 9.10. The molecule has 2 rings (SSSR count). The molecule has 0 radical (unpaired) electrons. The lowest BCUT2D eigenvalue weighted by Gasteiger charge is -2.10. The van der Waals surface area contributed by atoms with Gasteiger partial charge in [-0.2, -0.15) is 5.10 Å². The number of likely N-dealkylation sites (N-methyl/N-ethyl adjacent to an activating group) is 1. The van der Waals surface area contributed by atoms with Gasteiger partial charge in [-0.1, -0.05) is 12.1 Å². The standard InChI is InChI=1S/C12H14BrN3O/c1-14-7-12(17)9-2-4-11(5-3-9)16-8-10(13)6-15-16/h2-6,8,12,14,17H,7H2,1H3. The Hall–Kier alpha value is -1.17. The molecule has 0 aliphatic rings. The molecule has 0 aliphatic carbocycles. The second-order valence-electron chi connectivity index (χ2n) is 3.77. The minimum absolute atomic E-state index is 0.474. The van der Waals surface area contributed by atoms with Crippen LogP contribution in [0.25, 0.3) is 5.69 Å². The van der Waals surface area contributed by atoms with E-state index in [1.807, 2.05) is 37.5 Å². The third kappa shape index (κ3) is 2.94. The fourth-order valence-corrected chi connectivity index (χ4v) is 1.89. The lowest BCUT2D eigenvalue weighted by atomic mass is 10.1. The first-order valence-corrected chi connectivity index (χ1v) is 6.13. The number of hydrogen-bond acceptors (Lipinski definition) is 3. The van der Waals surface area contributed by atoms with Crippen molar-refractivity contribution in [2.24, 2.45) is 0 Å². The number of hydrogen-bond donors (Lipinski definition) is 2. The summed E-state index contributed by atoms with van der Waals surface area (Å²) in [6.07, 6.45) is 3.15. The summed E-state index contributed by atoms with van der Waals surface area (Å²) in [7, 11) is 1.82. The molecule has 0 fully saturated rings. The Morgan fingerprint density at radius 2 is 2.12 bits per heavy atom. The van der Waals surface area contributed by atoms with Gasteiger partial charge in [-0.15, -0.1) is 0 Å². The van der Waals surface area contributed by atoms with Gasteiger partial charge in [-0.25, -0.2) is 4.68 Å². The summed E-state index contributed by atoms with van der Waals surface area (Å²) >= 11 is 3.36. The maximum Gasteiger partial charge on any atom is 0.0914 e. The van der Waals surface area contributed by atoms with Crippen molar-refractivity contribution in [3.05, 3.63) is 46.7 Å². The van der Waals surface area contributed by atoms with Crippen molar-refractivity contribution in [2.45, 2.75) is 6.10 Å². The molecule has 0 amide bonds. The summed E-state index contributed by atoms with van der Waals surface area (Å²) in [6, 6.07) is 7.70. The molecular formula is C12H14BrN3O. The molecule has 4 nitrogen and oxygen atoms in total. The van der Waals surface area contributed by atoms with E-state index in [1.165, 1.54) is 0 Å². The molecule has 0 aliphatic heterocycles. The molecule has 0 bridgehead atoms. The summed E-state index contributed by atoms with van der Waals surface area (Å²) in [5.74, 6) is 0. The van der Waals surface area contributed by atoms with Gasteiger partial charge in [-0.05, 0) is 40.7 Å². The highest BCUT2D eigenvalue weighted by Crippen LogP contribution is 2.16. The first-order chi connectivity index (χ1) is 8.20. The van der Waals surface area contributed by atoms with Gasteiger partial charge in [0.2, 0.25) is 0 Å². The minimum Gasteiger partial charge on any atom is -0.387 e. The van der Waals surface area contributed by atoms with Crippen molar-refractivity contribution >= 4 is 15.9 Å². The van der Waals surface area contributed by atoms with E-state index < -0.39 is 6.10 Å². The topological polar surface area (TPSA) is 50.1 Å². The first kappa shape index (κ1) is 12.3. The maximum atomic E-state index is 9.79. The van der Waals surface area contributed by atoms with E-state index in [2.05, 4.69) is 26.3 Å². The number of rotatable bonds is 4. The van der Waals surface area contributed by atoms with E-state index in [4.69, 9.17) is 0 Å². The Balaban J connectivity index is 2.18. The van der Waals surface area contributed by atoms with Crippen LogP contribution in [0.15, 0.2) is 41.1 Å². The van der Waals surface area contributed by atoms with E-state index in [-0.39, 0.29) is 0 Å². The molecule has 0 spiro atoms. The predicted octanol–water partition coefficient (Wildman–Crippen LogP) is 1.89. The number of aliphatic hydroxyl groups excluding tert-OH is 1. The van der Waals surface area contributed by atoms with Gasteiger partial charge < -0.3 is 10.4 Å². The van der Waals surface area contributed by atoms with Gasteiger partial charge in [0.25, 0.3) is 0 Å². The van der Waals surface area contributed by atoms with Gasteiger partial charge in [0.15, 0.2) is 0 Å². The summed E-state index contributed by atoms with van der Waals surface area (Å²) in [6.45, 7) is 0.548. The SMILES string of the molecule is CNCC(O)c1ccc(-n2cc(Br)cn2)cc1. The van der Waals surface area contributed by atoms with E-state index >= 15 is 0 Å². The van der Waals surface area contributed by atoms with Gasteiger partial charge in [-0.3, -0.25) is 0 Å². The fraction of sp³-hybridized carbons (Fsp3) is 0.250. The van der Waals surface area contributed by atoms with E-state index in [0.717, 1.165) is 15.7 Å². The van der Waals surface area contributed by atoms with Crippen LogP contribution in [0.3, 0.4) is 0 Å². The normalized spacial score (nSPS) is 12.6. The number of nitrogens with one attached hydrogen (secondary N) is 1. The molecule has 1 aromatic heterocycles. The molecular weight excluding hydrogens is 282 g/mol. The third-order valence-corrected chi connectivity index (χ3v) is 2.90. The summed E-state index contributed by atoms with van der Waals surface area (Å²) in [4.78, 5) is 0. The Morgan fingerprint density at radius 1 is 1.41 bits per heavy atom. The van der Waals surface area contributed by atoms with Gasteiger partial charge in [0, 0.05) is 12.7 Å². The van der Waals surface area contributed by atoms with Gasteiger partial charge in [0.05, 0.1) is 22.5 Å². The third-order valence-electron chi connectivity index (χ3n) is 2.49. The average Bonchev–Trinajstić information content (AvgIpc) is 2.76. The molecule has 1 atom stereocenters. The molecule has 2 aromatic rings. The molecule has 1 aromatic carbocycles. The largest absolute Gasteiger partial charge is 0.387 e. The first-order valence-electron chi connectivity index (χ1n) is 5.34. The molecule has 5 heteroatoms. The molecule has 1 heterocycles. The second kappa shape index (κ2) is 5.44. The molecule has 1 unspecified atom stereocenters. The van der Waals surface area contributed by atoms with Crippen LogP contribution in [0, 0.1) is 0 Å². The molecule has 0 saturated carbocycles. The Bertz CT molecular complexity index is 481. The highest BCUT2D eigenvalue weighted by Gasteiger charge is 2.06. The second-order valence-corrected chi connectivity index (χ2v) is 4.68.